The van der Waals surface area contributed by atoms with E-state index in [4.69, 9.17) is 4.74 Å². The first-order valence-corrected chi connectivity index (χ1v) is 7.11. The van der Waals surface area contributed by atoms with Gasteiger partial charge in [-0.25, -0.2) is 0 Å². The third kappa shape index (κ3) is 3.12. The quantitative estimate of drug-likeness (QED) is 0.857. The van der Waals surface area contributed by atoms with Crippen LogP contribution >= 0.6 is 11.3 Å². The third-order valence-corrected chi connectivity index (χ3v) is 3.94. The highest BCUT2D eigenvalue weighted by molar-refractivity contribution is 7.10. The Balaban J connectivity index is 2.18. The highest BCUT2D eigenvalue weighted by atomic mass is 32.1. The van der Waals surface area contributed by atoms with Crippen LogP contribution in [0.5, 0.6) is 5.75 Å². The summed E-state index contributed by atoms with van der Waals surface area (Å²) in [5.41, 5.74) is 1.25. The molecule has 96 valence electrons. The molecule has 1 atom stereocenters. The minimum atomic E-state index is 0.367. The average molecular weight is 261 g/mol. The highest BCUT2D eigenvalue weighted by Gasteiger charge is 2.14. The fourth-order valence-corrected chi connectivity index (χ4v) is 2.90. The standard InChI is InChI=1S/C15H19NOS/c1-3-16-13(15-9-6-10-18-15)11-12-7-4-5-8-14(12)17-2/h4-10,13,16H,3,11H2,1-2H3. The van der Waals surface area contributed by atoms with Crippen LogP contribution in [0.15, 0.2) is 41.8 Å². The molecule has 0 aliphatic heterocycles. The smallest absolute Gasteiger partial charge is 0.122 e. The first-order valence-electron chi connectivity index (χ1n) is 6.23. The predicted octanol–water partition coefficient (Wildman–Crippen LogP) is 3.65. The van der Waals surface area contributed by atoms with Crippen molar-refractivity contribution in [3.05, 3.63) is 52.2 Å². The topological polar surface area (TPSA) is 21.3 Å². The molecule has 1 heterocycles. The van der Waals surface area contributed by atoms with Gasteiger partial charge in [0.1, 0.15) is 5.75 Å². The molecule has 1 aromatic heterocycles. The maximum Gasteiger partial charge on any atom is 0.122 e. The number of benzene rings is 1. The van der Waals surface area contributed by atoms with Gasteiger partial charge in [-0.2, -0.15) is 0 Å². The van der Waals surface area contributed by atoms with Gasteiger partial charge in [0.05, 0.1) is 7.11 Å². The van der Waals surface area contributed by atoms with E-state index in [0.29, 0.717) is 6.04 Å². The van der Waals surface area contributed by atoms with Crippen molar-refractivity contribution in [1.29, 1.82) is 0 Å². The molecule has 1 N–H and O–H groups in total. The minimum Gasteiger partial charge on any atom is -0.496 e. The third-order valence-electron chi connectivity index (χ3n) is 2.95. The fourth-order valence-electron chi connectivity index (χ4n) is 2.10. The first kappa shape index (κ1) is 13.1. The summed E-state index contributed by atoms with van der Waals surface area (Å²) in [5.74, 6) is 0.969. The normalized spacial score (nSPS) is 12.3. The molecule has 2 aromatic rings. The second-order valence-electron chi connectivity index (χ2n) is 4.14. The Morgan fingerprint density at radius 2 is 2.06 bits per heavy atom. The van der Waals surface area contributed by atoms with Gasteiger partial charge in [0.15, 0.2) is 0 Å². The average Bonchev–Trinajstić information content (AvgIpc) is 2.92. The van der Waals surface area contributed by atoms with Gasteiger partial charge in [0.25, 0.3) is 0 Å². The molecule has 0 saturated carbocycles. The number of rotatable bonds is 6. The summed E-state index contributed by atoms with van der Waals surface area (Å²) in [4.78, 5) is 1.38. The van der Waals surface area contributed by atoms with Crippen molar-refractivity contribution in [2.24, 2.45) is 0 Å². The van der Waals surface area contributed by atoms with E-state index in [-0.39, 0.29) is 0 Å². The number of ether oxygens (including phenoxy) is 1. The molecular weight excluding hydrogens is 242 g/mol. The van der Waals surface area contributed by atoms with Crippen LogP contribution in [-0.4, -0.2) is 13.7 Å². The lowest BCUT2D eigenvalue weighted by Gasteiger charge is -2.18. The molecule has 0 fully saturated rings. The van der Waals surface area contributed by atoms with Gasteiger partial charge in [-0.3, -0.25) is 0 Å². The van der Waals surface area contributed by atoms with Gasteiger partial charge < -0.3 is 10.1 Å². The summed E-state index contributed by atoms with van der Waals surface area (Å²) in [6, 6.07) is 12.9. The summed E-state index contributed by atoms with van der Waals surface area (Å²) in [6.07, 6.45) is 0.957. The molecule has 0 aliphatic carbocycles. The monoisotopic (exact) mass is 261 g/mol. The van der Waals surface area contributed by atoms with Gasteiger partial charge in [-0.15, -0.1) is 11.3 Å². The lowest BCUT2D eigenvalue weighted by atomic mass is 10.0. The van der Waals surface area contributed by atoms with Crippen molar-refractivity contribution < 1.29 is 4.74 Å². The van der Waals surface area contributed by atoms with E-state index in [0.717, 1.165) is 18.7 Å². The highest BCUT2D eigenvalue weighted by Crippen LogP contribution is 2.27. The van der Waals surface area contributed by atoms with Crippen LogP contribution in [0.4, 0.5) is 0 Å². The number of methoxy groups -OCH3 is 1. The summed E-state index contributed by atoms with van der Waals surface area (Å²) < 4.78 is 5.42. The predicted molar refractivity (Wildman–Crippen MR) is 77.4 cm³/mol. The SMILES string of the molecule is CCNC(Cc1ccccc1OC)c1cccs1. The fraction of sp³-hybridized carbons (Fsp3) is 0.333. The summed E-state index contributed by atoms with van der Waals surface area (Å²) in [5, 5.41) is 5.67. The molecule has 2 rings (SSSR count). The number of likely N-dealkylation sites (N-methyl/N-ethyl adjacent to an activating group) is 1. The summed E-state index contributed by atoms with van der Waals surface area (Å²) in [6.45, 7) is 3.11. The zero-order valence-electron chi connectivity index (χ0n) is 10.8. The van der Waals surface area contributed by atoms with E-state index in [1.54, 1.807) is 18.4 Å². The van der Waals surface area contributed by atoms with Crippen LogP contribution in [0.2, 0.25) is 0 Å². The van der Waals surface area contributed by atoms with Crippen LogP contribution < -0.4 is 10.1 Å². The second-order valence-corrected chi connectivity index (χ2v) is 5.12. The Kier molecular flexibility index (Phi) is 4.79. The first-order chi connectivity index (χ1) is 8.85. The van der Waals surface area contributed by atoms with Gasteiger partial charge in [0, 0.05) is 10.9 Å². The molecule has 1 unspecified atom stereocenters. The van der Waals surface area contributed by atoms with Gasteiger partial charge in [-0.1, -0.05) is 31.2 Å². The maximum atomic E-state index is 5.42. The van der Waals surface area contributed by atoms with Crippen molar-refractivity contribution in [2.75, 3.05) is 13.7 Å². The molecule has 0 saturated heterocycles. The molecule has 0 bridgehead atoms. The van der Waals surface area contributed by atoms with E-state index in [2.05, 4.69) is 41.9 Å². The van der Waals surface area contributed by atoms with Gasteiger partial charge in [-0.05, 0) is 36.0 Å². The van der Waals surface area contributed by atoms with Gasteiger partial charge >= 0.3 is 0 Å². The number of para-hydroxylation sites is 1. The second kappa shape index (κ2) is 6.57. The summed E-state index contributed by atoms with van der Waals surface area (Å²) >= 11 is 1.80. The lowest BCUT2D eigenvalue weighted by Crippen LogP contribution is -2.22. The molecule has 0 amide bonds. The largest absolute Gasteiger partial charge is 0.496 e. The van der Waals surface area contributed by atoms with Crippen molar-refractivity contribution in [1.82, 2.24) is 5.32 Å². The van der Waals surface area contributed by atoms with Crippen LogP contribution in [-0.2, 0) is 6.42 Å². The molecule has 0 aliphatic rings. The number of hydrogen-bond donors (Lipinski definition) is 1. The van der Waals surface area contributed by atoms with Crippen molar-refractivity contribution in [2.45, 2.75) is 19.4 Å². The number of hydrogen-bond acceptors (Lipinski definition) is 3. The molecule has 2 nitrogen and oxygen atoms in total. The Hall–Kier alpha value is -1.32. The van der Waals surface area contributed by atoms with E-state index in [9.17, 15) is 0 Å². The van der Waals surface area contributed by atoms with Crippen molar-refractivity contribution in [3.63, 3.8) is 0 Å². The molecule has 0 spiro atoms. The number of nitrogens with one attached hydrogen (secondary N) is 1. The van der Waals surface area contributed by atoms with E-state index < -0.39 is 0 Å². The minimum absolute atomic E-state index is 0.367. The number of thiophene rings is 1. The van der Waals surface area contributed by atoms with Crippen LogP contribution in [0.1, 0.15) is 23.4 Å². The Morgan fingerprint density at radius 1 is 1.22 bits per heavy atom. The van der Waals surface area contributed by atoms with Crippen LogP contribution in [0.3, 0.4) is 0 Å². The van der Waals surface area contributed by atoms with Crippen molar-refractivity contribution in [3.8, 4) is 5.75 Å². The van der Waals surface area contributed by atoms with Gasteiger partial charge in [0.2, 0.25) is 0 Å². The zero-order valence-corrected chi connectivity index (χ0v) is 11.7. The van der Waals surface area contributed by atoms with Crippen LogP contribution in [0, 0.1) is 0 Å². The summed E-state index contributed by atoms with van der Waals surface area (Å²) in [7, 11) is 1.73. The van der Waals surface area contributed by atoms with Crippen LogP contribution in [0.25, 0.3) is 0 Å². The lowest BCUT2D eigenvalue weighted by molar-refractivity contribution is 0.406. The van der Waals surface area contributed by atoms with E-state index >= 15 is 0 Å². The molecule has 1 aromatic carbocycles. The Morgan fingerprint density at radius 3 is 2.72 bits per heavy atom. The Labute approximate surface area is 113 Å². The Bertz CT molecular complexity index is 467. The molecule has 3 heteroatoms. The molecule has 0 radical (unpaired) electrons. The zero-order chi connectivity index (χ0) is 12.8. The molecular formula is C15H19NOS. The van der Waals surface area contributed by atoms with E-state index in [1.807, 2.05) is 12.1 Å². The van der Waals surface area contributed by atoms with E-state index in [1.165, 1.54) is 10.4 Å². The van der Waals surface area contributed by atoms with Crippen molar-refractivity contribution >= 4 is 11.3 Å². The maximum absolute atomic E-state index is 5.42. The molecule has 18 heavy (non-hydrogen) atoms.